The summed E-state index contributed by atoms with van der Waals surface area (Å²) < 4.78 is 14.4. The summed E-state index contributed by atoms with van der Waals surface area (Å²) in [4.78, 5) is 0. The van der Waals surface area contributed by atoms with Crippen LogP contribution in [-0.2, 0) is 6.42 Å². The Morgan fingerprint density at radius 2 is 2.31 bits per heavy atom. The molecule has 3 N–H and O–H groups in total. The summed E-state index contributed by atoms with van der Waals surface area (Å²) in [7, 11) is 0. The molecule has 1 aromatic carbocycles. The average molecular weight is 307 g/mol. The molecule has 1 unspecified atom stereocenters. The monoisotopic (exact) mass is 306 g/mol. The molecule has 0 saturated heterocycles. The van der Waals surface area contributed by atoms with E-state index in [0.29, 0.717) is 12.0 Å². The molecule has 0 amide bonds. The third kappa shape index (κ3) is 4.41. The summed E-state index contributed by atoms with van der Waals surface area (Å²) in [6, 6.07) is 5.10. The number of hydrazine groups is 1. The normalized spacial score (nSPS) is 12.8. The van der Waals surface area contributed by atoms with Crippen LogP contribution in [0, 0.1) is 5.82 Å². The number of rotatable bonds is 6. The van der Waals surface area contributed by atoms with E-state index in [1.54, 1.807) is 23.9 Å². The van der Waals surface area contributed by atoms with Crippen LogP contribution < -0.4 is 11.3 Å². The fourth-order valence-corrected chi connectivity index (χ4v) is 2.40. The summed E-state index contributed by atoms with van der Waals surface area (Å²) in [6.07, 6.45) is 3.60. The molecule has 0 saturated carbocycles. The van der Waals surface area contributed by atoms with E-state index in [0.717, 1.165) is 16.6 Å². The smallest absolute Gasteiger partial charge is 0.126 e. The minimum absolute atomic E-state index is 0.122. The van der Waals surface area contributed by atoms with Crippen molar-refractivity contribution >= 4 is 27.7 Å². The highest BCUT2D eigenvalue weighted by atomic mass is 79.9. The van der Waals surface area contributed by atoms with Gasteiger partial charge in [0, 0.05) is 10.5 Å². The lowest BCUT2D eigenvalue weighted by molar-refractivity contribution is 0.499. The van der Waals surface area contributed by atoms with E-state index in [2.05, 4.69) is 21.4 Å². The Balaban J connectivity index is 2.65. The maximum Gasteiger partial charge on any atom is 0.126 e. The van der Waals surface area contributed by atoms with E-state index in [4.69, 9.17) is 5.84 Å². The Bertz CT molecular complexity index is 336. The lowest BCUT2D eigenvalue weighted by Gasteiger charge is -2.15. The van der Waals surface area contributed by atoms with Crippen molar-refractivity contribution in [3.63, 3.8) is 0 Å². The quantitative estimate of drug-likeness (QED) is 0.627. The molecule has 16 heavy (non-hydrogen) atoms. The highest BCUT2D eigenvalue weighted by molar-refractivity contribution is 9.10. The van der Waals surface area contributed by atoms with Crippen molar-refractivity contribution < 1.29 is 4.39 Å². The van der Waals surface area contributed by atoms with Crippen LogP contribution in [0.5, 0.6) is 0 Å². The van der Waals surface area contributed by atoms with Crippen LogP contribution in [0.25, 0.3) is 0 Å². The van der Waals surface area contributed by atoms with Gasteiger partial charge >= 0.3 is 0 Å². The number of hydrogen-bond donors (Lipinski definition) is 2. The van der Waals surface area contributed by atoms with Gasteiger partial charge in [-0.2, -0.15) is 11.8 Å². The number of halogens is 2. The van der Waals surface area contributed by atoms with E-state index in [9.17, 15) is 4.39 Å². The molecule has 90 valence electrons. The van der Waals surface area contributed by atoms with Crippen LogP contribution in [0.15, 0.2) is 22.7 Å². The van der Waals surface area contributed by atoms with Gasteiger partial charge in [-0.15, -0.1) is 0 Å². The third-order valence-electron chi connectivity index (χ3n) is 2.38. The Morgan fingerprint density at radius 1 is 1.56 bits per heavy atom. The predicted octanol–water partition coefficient (Wildman–Crippen LogP) is 2.72. The molecule has 0 fully saturated rings. The number of hydrogen-bond acceptors (Lipinski definition) is 3. The maximum absolute atomic E-state index is 13.5. The van der Waals surface area contributed by atoms with E-state index in [-0.39, 0.29) is 11.9 Å². The third-order valence-corrected chi connectivity index (χ3v) is 3.52. The van der Waals surface area contributed by atoms with Crippen LogP contribution >= 0.6 is 27.7 Å². The van der Waals surface area contributed by atoms with Crippen LogP contribution in [0.1, 0.15) is 12.0 Å². The van der Waals surface area contributed by atoms with Crippen LogP contribution in [0.3, 0.4) is 0 Å². The first-order valence-electron chi connectivity index (χ1n) is 5.06. The fraction of sp³-hybridized carbons (Fsp3) is 0.455. The van der Waals surface area contributed by atoms with E-state index in [1.165, 1.54) is 6.07 Å². The molecule has 5 heteroatoms. The molecular formula is C11H16BrFN2S. The van der Waals surface area contributed by atoms with Crippen LogP contribution in [0.4, 0.5) is 4.39 Å². The van der Waals surface area contributed by atoms with Gasteiger partial charge in [-0.3, -0.25) is 11.3 Å². The minimum atomic E-state index is -0.174. The predicted molar refractivity (Wildman–Crippen MR) is 71.9 cm³/mol. The van der Waals surface area contributed by atoms with Crippen molar-refractivity contribution in [1.82, 2.24) is 5.43 Å². The average Bonchev–Trinajstić information content (AvgIpc) is 2.28. The Hall–Kier alpha value is -0.100. The van der Waals surface area contributed by atoms with Gasteiger partial charge in [-0.25, -0.2) is 4.39 Å². The molecule has 0 aliphatic heterocycles. The molecule has 0 aromatic heterocycles. The number of benzene rings is 1. The van der Waals surface area contributed by atoms with Gasteiger partial charge in [0.2, 0.25) is 0 Å². The van der Waals surface area contributed by atoms with Crippen molar-refractivity contribution in [3.8, 4) is 0 Å². The molecule has 0 aliphatic rings. The van der Waals surface area contributed by atoms with Gasteiger partial charge in [0.1, 0.15) is 5.82 Å². The Labute approximate surface area is 108 Å². The Morgan fingerprint density at radius 3 is 2.94 bits per heavy atom. The van der Waals surface area contributed by atoms with Crippen molar-refractivity contribution in [2.45, 2.75) is 18.9 Å². The van der Waals surface area contributed by atoms with Crippen molar-refractivity contribution in [3.05, 3.63) is 34.1 Å². The lowest BCUT2D eigenvalue weighted by Crippen LogP contribution is -2.37. The van der Waals surface area contributed by atoms with Crippen LogP contribution in [-0.4, -0.2) is 18.1 Å². The van der Waals surface area contributed by atoms with Crippen molar-refractivity contribution in [1.29, 1.82) is 0 Å². The maximum atomic E-state index is 13.5. The van der Waals surface area contributed by atoms with E-state index < -0.39 is 0 Å². The van der Waals surface area contributed by atoms with E-state index in [1.807, 2.05) is 6.26 Å². The first-order chi connectivity index (χ1) is 7.67. The van der Waals surface area contributed by atoms with Crippen LogP contribution in [0.2, 0.25) is 0 Å². The highest BCUT2D eigenvalue weighted by Crippen LogP contribution is 2.18. The molecule has 1 rings (SSSR count). The largest absolute Gasteiger partial charge is 0.271 e. The summed E-state index contributed by atoms with van der Waals surface area (Å²) in [5.74, 6) is 6.30. The van der Waals surface area contributed by atoms with Gasteiger partial charge in [0.05, 0.1) is 0 Å². The second-order valence-electron chi connectivity index (χ2n) is 3.58. The first-order valence-corrected chi connectivity index (χ1v) is 7.25. The summed E-state index contributed by atoms with van der Waals surface area (Å²) >= 11 is 5.10. The molecule has 2 nitrogen and oxygen atoms in total. The standard InChI is InChI=1S/C11H16BrFN2S/c1-16-5-4-10(15-14)7-8-6-9(12)2-3-11(8)13/h2-3,6,10,15H,4-5,7,14H2,1H3. The summed E-state index contributed by atoms with van der Waals surface area (Å²) in [5.41, 5.74) is 3.43. The van der Waals surface area contributed by atoms with Gasteiger partial charge in [-0.1, -0.05) is 15.9 Å². The first kappa shape index (κ1) is 14.0. The summed E-state index contributed by atoms with van der Waals surface area (Å²) in [6.45, 7) is 0. The number of nitrogens with two attached hydrogens (primary N) is 1. The molecule has 0 radical (unpaired) electrons. The van der Waals surface area contributed by atoms with Gasteiger partial charge in [0.25, 0.3) is 0 Å². The second-order valence-corrected chi connectivity index (χ2v) is 5.49. The number of nitrogens with one attached hydrogen (secondary N) is 1. The molecule has 0 aliphatic carbocycles. The van der Waals surface area contributed by atoms with Crippen molar-refractivity contribution in [2.24, 2.45) is 5.84 Å². The molecule has 0 spiro atoms. The molecule has 0 heterocycles. The van der Waals surface area contributed by atoms with Crippen molar-refractivity contribution in [2.75, 3.05) is 12.0 Å². The topological polar surface area (TPSA) is 38.0 Å². The molecule has 1 aromatic rings. The van der Waals surface area contributed by atoms with Gasteiger partial charge < -0.3 is 0 Å². The van der Waals surface area contributed by atoms with Gasteiger partial charge in [-0.05, 0) is 48.6 Å². The zero-order valence-corrected chi connectivity index (χ0v) is 11.6. The highest BCUT2D eigenvalue weighted by Gasteiger charge is 2.11. The zero-order valence-electron chi connectivity index (χ0n) is 9.17. The van der Waals surface area contributed by atoms with E-state index >= 15 is 0 Å². The number of thioether (sulfide) groups is 1. The fourth-order valence-electron chi connectivity index (χ4n) is 1.47. The minimum Gasteiger partial charge on any atom is -0.271 e. The lowest BCUT2D eigenvalue weighted by atomic mass is 10.0. The van der Waals surface area contributed by atoms with Gasteiger partial charge in [0.15, 0.2) is 0 Å². The second kappa shape index (κ2) is 7.27. The zero-order chi connectivity index (χ0) is 12.0. The molecule has 1 atom stereocenters. The Kier molecular flexibility index (Phi) is 6.34. The SMILES string of the molecule is CSCCC(Cc1cc(Br)ccc1F)NN. The summed E-state index contributed by atoms with van der Waals surface area (Å²) in [5, 5.41) is 0. The molecule has 0 bridgehead atoms. The molecular weight excluding hydrogens is 291 g/mol.